The number of fused-ring (bicyclic) bond motifs is 1. The van der Waals surface area contributed by atoms with Crippen LogP contribution in [0.15, 0.2) is 40.8 Å². The Morgan fingerprint density at radius 3 is 2.91 bits per heavy atom. The minimum absolute atomic E-state index is 0.0299. The van der Waals surface area contributed by atoms with E-state index in [1.165, 1.54) is 16.9 Å². The Hall–Kier alpha value is -1.98. The summed E-state index contributed by atoms with van der Waals surface area (Å²) in [5.74, 6) is 0. The zero-order chi connectivity index (χ0) is 15.8. The van der Waals surface area contributed by atoms with Gasteiger partial charge in [-0.1, -0.05) is 29.8 Å². The maximum absolute atomic E-state index is 12.9. The molecule has 3 heterocycles. The topological polar surface area (TPSA) is 44.1 Å². The average Bonchev–Trinajstić information content (AvgIpc) is 3.21. The van der Waals surface area contributed by atoms with Gasteiger partial charge < -0.3 is 4.74 Å². The molecule has 0 bridgehead atoms. The van der Waals surface area contributed by atoms with Crippen LogP contribution in [0.4, 0.5) is 0 Å². The van der Waals surface area contributed by atoms with Crippen molar-refractivity contribution in [3.63, 3.8) is 0 Å². The van der Waals surface area contributed by atoms with Crippen LogP contribution in [0.5, 0.6) is 0 Å². The molecule has 23 heavy (non-hydrogen) atoms. The summed E-state index contributed by atoms with van der Waals surface area (Å²) in [6.45, 7) is 3.44. The van der Waals surface area contributed by atoms with E-state index in [0.29, 0.717) is 6.54 Å². The molecular formula is C18H18N2O2S. The van der Waals surface area contributed by atoms with Crippen molar-refractivity contribution in [1.29, 1.82) is 0 Å². The number of thiophene rings is 1. The van der Waals surface area contributed by atoms with Gasteiger partial charge in [-0.3, -0.25) is 9.36 Å². The van der Waals surface area contributed by atoms with Crippen molar-refractivity contribution in [2.75, 3.05) is 6.61 Å². The molecule has 1 aromatic carbocycles. The summed E-state index contributed by atoms with van der Waals surface area (Å²) in [6.07, 6.45) is 3.87. The Kier molecular flexibility index (Phi) is 3.75. The Morgan fingerprint density at radius 2 is 2.17 bits per heavy atom. The second kappa shape index (κ2) is 5.91. The van der Waals surface area contributed by atoms with Crippen molar-refractivity contribution in [3.05, 3.63) is 51.9 Å². The van der Waals surface area contributed by atoms with E-state index in [9.17, 15) is 4.79 Å². The maximum Gasteiger partial charge on any atom is 0.262 e. The molecule has 4 rings (SSSR count). The van der Waals surface area contributed by atoms with E-state index in [1.807, 2.05) is 5.38 Å². The SMILES string of the molecule is Cc1ccc(-c2csc3ncn(CC4CCCO4)c(=O)c23)cc1. The fourth-order valence-corrected chi connectivity index (χ4v) is 3.96. The molecule has 1 aliphatic heterocycles. The first-order valence-electron chi connectivity index (χ1n) is 7.87. The molecule has 5 heteroatoms. The van der Waals surface area contributed by atoms with Crippen molar-refractivity contribution in [1.82, 2.24) is 9.55 Å². The van der Waals surface area contributed by atoms with Gasteiger partial charge in [-0.15, -0.1) is 11.3 Å². The van der Waals surface area contributed by atoms with Gasteiger partial charge in [0.1, 0.15) is 4.83 Å². The van der Waals surface area contributed by atoms with Gasteiger partial charge in [0, 0.05) is 17.6 Å². The highest BCUT2D eigenvalue weighted by atomic mass is 32.1. The smallest absolute Gasteiger partial charge is 0.262 e. The molecule has 1 aliphatic rings. The maximum atomic E-state index is 12.9. The van der Waals surface area contributed by atoms with Gasteiger partial charge in [0.05, 0.1) is 24.4 Å². The third kappa shape index (κ3) is 2.71. The van der Waals surface area contributed by atoms with Crippen LogP contribution >= 0.6 is 11.3 Å². The minimum atomic E-state index is 0.0299. The van der Waals surface area contributed by atoms with Gasteiger partial charge in [-0.2, -0.15) is 0 Å². The standard InChI is InChI=1S/C18H18N2O2S/c1-12-4-6-13(7-5-12)15-10-23-17-16(15)18(21)20(11-19-17)9-14-3-2-8-22-14/h4-7,10-11,14H,2-3,8-9H2,1H3. The Labute approximate surface area is 138 Å². The zero-order valence-corrected chi connectivity index (χ0v) is 13.8. The molecule has 0 radical (unpaired) electrons. The minimum Gasteiger partial charge on any atom is -0.376 e. The molecule has 3 aromatic rings. The monoisotopic (exact) mass is 326 g/mol. The first-order valence-corrected chi connectivity index (χ1v) is 8.75. The Bertz CT molecular complexity index is 890. The van der Waals surface area contributed by atoms with Crippen LogP contribution < -0.4 is 5.56 Å². The highest BCUT2D eigenvalue weighted by Crippen LogP contribution is 2.30. The van der Waals surface area contributed by atoms with Crippen molar-refractivity contribution in [3.8, 4) is 11.1 Å². The number of ether oxygens (including phenoxy) is 1. The van der Waals surface area contributed by atoms with Crippen molar-refractivity contribution in [2.24, 2.45) is 0 Å². The van der Waals surface area contributed by atoms with Crippen LogP contribution in [-0.2, 0) is 11.3 Å². The summed E-state index contributed by atoms with van der Waals surface area (Å²) < 4.78 is 7.35. The van der Waals surface area contributed by atoms with Crippen LogP contribution in [0.3, 0.4) is 0 Å². The van der Waals surface area contributed by atoms with Gasteiger partial charge in [0.15, 0.2) is 0 Å². The molecule has 1 unspecified atom stereocenters. The van der Waals surface area contributed by atoms with Crippen LogP contribution in [0.2, 0.25) is 0 Å². The lowest BCUT2D eigenvalue weighted by atomic mass is 10.1. The second-order valence-corrected chi connectivity index (χ2v) is 6.89. The molecule has 118 valence electrons. The molecule has 4 nitrogen and oxygen atoms in total. The van der Waals surface area contributed by atoms with Gasteiger partial charge >= 0.3 is 0 Å². The van der Waals surface area contributed by atoms with E-state index >= 15 is 0 Å². The van der Waals surface area contributed by atoms with Crippen molar-refractivity contribution >= 4 is 21.6 Å². The van der Waals surface area contributed by atoms with Gasteiger partial charge in [0.2, 0.25) is 0 Å². The van der Waals surface area contributed by atoms with E-state index in [0.717, 1.165) is 40.8 Å². The number of aryl methyl sites for hydroxylation is 1. The fraction of sp³-hybridized carbons (Fsp3) is 0.333. The number of nitrogens with zero attached hydrogens (tertiary/aromatic N) is 2. The van der Waals surface area contributed by atoms with E-state index < -0.39 is 0 Å². The second-order valence-electron chi connectivity index (χ2n) is 6.03. The molecule has 2 aromatic heterocycles. The van der Waals surface area contributed by atoms with Gasteiger partial charge in [0.25, 0.3) is 5.56 Å². The number of aromatic nitrogens is 2. The molecule has 0 amide bonds. The summed E-state index contributed by atoms with van der Waals surface area (Å²) in [7, 11) is 0. The average molecular weight is 326 g/mol. The summed E-state index contributed by atoms with van der Waals surface area (Å²) in [5, 5.41) is 2.75. The lowest BCUT2D eigenvalue weighted by Crippen LogP contribution is -2.26. The Balaban J connectivity index is 1.80. The highest BCUT2D eigenvalue weighted by molar-refractivity contribution is 7.17. The third-order valence-corrected chi connectivity index (χ3v) is 5.23. The first-order chi connectivity index (χ1) is 11.2. The number of rotatable bonds is 3. The summed E-state index contributed by atoms with van der Waals surface area (Å²) >= 11 is 1.52. The Morgan fingerprint density at radius 1 is 1.35 bits per heavy atom. The van der Waals surface area contributed by atoms with E-state index in [4.69, 9.17) is 4.74 Å². The fourth-order valence-electron chi connectivity index (χ4n) is 3.05. The molecule has 0 spiro atoms. The summed E-state index contributed by atoms with van der Waals surface area (Å²) in [6, 6.07) is 8.27. The predicted molar refractivity (Wildman–Crippen MR) is 93.0 cm³/mol. The molecule has 1 fully saturated rings. The predicted octanol–water partition coefficient (Wildman–Crippen LogP) is 3.61. The molecular weight excluding hydrogens is 308 g/mol. The van der Waals surface area contributed by atoms with Gasteiger partial charge in [-0.05, 0) is 25.3 Å². The van der Waals surface area contributed by atoms with Crippen LogP contribution in [0, 0.1) is 6.92 Å². The molecule has 1 saturated heterocycles. The number of hydrogen-bond donors (Lipinski definition) is 0. The van der Waals surface area contributed by atoms with Crippen LogP contribution in [0.1, 0.15) is 18.4 Å². The summed E-state index contributed by atoms with van der Waals surface area (Å²) in [4.78, 5) is 18.2. The van der Waals surface area contributed by atoms with E-state index in [2.05, 4.69) is 36.2 Å². The zero-order valence-electron chi connectivity index (χ0n) is 13.0. The van der Waals surface area contributed by atoms with Crippen molar-refractivity contribution < 1.29 is 4.74 Å². The first kappa shape index (κ1) is 14.6. The molecule has 0 saturated carbocycles. The highest BCUT2D eigenvalue weighted by Gasteiger charge is 2.19. The van der Waals surface area contributed by atoms with E-state index in [1.54, 1.807) is 10.9 Å². The van der Waals surface area contributed by atoms with Crippen LogP contribution in [-0.4, -0.2) is 22.3 Å². The lowest BCUT2D eigenvalue weighted by Gasteiger charge is -2.11. The normalized spacial score (nSPS) is 17.9. The van der Waals surface area contributed by atoms with Crippen LogP contribution in [0.25, 0.3) is 21.3 Å². The van der Waals surface area contributed by atoms with E-state index in [-0.39, 0.29) is 11.7 Å². The quantitative estimate of drug-likeness (QED) is 0.738. The molecule has 0 N–H and O–H groups in total. The number of hydrogen-bond acceptors (Lipinski definition) is 4. The van der Waals surface area contributed by atoms with Gasteiger partial charge in [-0.25, -0.2) is 4.98 Å². The number of benzene rings is 1. The third-order valence-electron chi connectivity index (χ3n) is 4.35. The molecule has 0 aliphatic carbocycles. The van der Waals surface area contributed by atoms with Crippen molar-refractivity contribution in [2.45, 2.75) is 32.4 Å². The summed E-state index contributed by atoms with van der Waals surface area (Å²) in [5.41, 5.74) is 3.28. The lowest BCUT2D eigenvalue weighted by molar-refractivity contribution is 0.0960. The molecule has 1 atom stereocenters. The largest absolute Gasteiger partial charge is 0.376 e.